The summed E-state index contributed by atoms with van der Waals surface area (Å²) in [5.41, 5.74) is 0. The van der Waals surface area contributed by atoms with Crippen LogP contribution in [0.25, 0.3) is 0 Å². The van der Waals surface area contributed by atoms with E-state index < -0.39 is 0 Å². The van der Waals surface area contributed by atoms with Crippen LogP contribution in [0, 0.1) is 11.8 Å². The predicted molar refractivity (Wildman–Crippen MR) is 51.8 cm³/mol. The van der Waals surface area contributed by atoms with E-state index >= 15 is 0 Å². The van der Waals surface area contributed by atoms with Gasteiger partial charge in [-0.05, 0) is 18.9 Å². The van der Waals surface area contributed by atoms with E-state index in [9.17, 15) is 0 Å². The van der Waals surface area contributed by atoms with E-state index in [0.717, 1.165) is 11.8 Å². The molecule has 68 valence electrons. The summed E-state index contributed by atoms with van der Waals surface area (Å²) in [7, 11) is 2.21. The van der Waals surface area contributed by atoms with E-state index in [1.165, 1.54) is 19.5 Å². The molecule has 0 radical (unpaired) electrons. The molecule has 1 aliphatic heterocycles. The van der Waals surface area contributed by atoms with Gasteiger partial charge in [-0.3, -0.25) is 0 Å². The molecule has 0 aliphatic carbocycles. The number of hydrogen-bond donors (Lipinski definition) is 0. The van der Waals surface area contributed by atoms with Crippen LogP contribution >= 0.6 is 0 Å². The molecule has 0 spiro atoms. The molecule has 0 amide bonds. The summed E-state index contributed by atoms with van der Waals surface area (Å²) in [6.07, 6.45) is 1.35. The number of rotatable bonds is 1. The minimum atomic E-state index is 0.931. The van der Waals surface area contributed by atoms with Crippen molar-refractivity contribution in [3.63, 3.8) is 0 Å². The van der Waals surface area contributed by atoms with E-state index in [1.807, 2.05) is 13.8 Å². The molecule has 1 saturated heterocycles. The van der Waals surface area contributed by atoms with E-state index in [4.69, 9.17) is 0 Å². The highest BCUT2D eigenvalue weighted by atomic mass is 15.1. The molecule has 0 N–H and O–H groups in total. The molecule has 1 rings (SSSR count). The van der Waals surface area contributed by atoms with Gasteiger partial charge in [0, 0.05) is 13.1 Å². The Hall–Kier alpha value is -0.0400. The van der Waals surface area contributed by atoms with Crippen LogP contribution in [-0.2, 0) is 0 Å². The van der Waals surface area contributed by atoms with E-state index in [1.54, 1.807) is 0 Å². The lowest BCUT2D eigenvalue weighted by Crippen LogP contribution is -2.13. The maximum absolute atomic E-state index is 2.43. The van der Waals surface area contributed by atoms with Crippen molar-refractivity contribution in [3.8, 4) is 0 Å². The summed E-state index contributed by atoms with van der Waals surface area (Å²) in [6, 6.07) is 0. The Balaban J connectivity index is 0.000000461. The van der Waals surface area contributed by atoms with Gasteiger partial charge in [0.15, 0.2) is 0 Å². The maximum Gasteiger partial charge on any atom is 0.000965 e. The van der Waals surface area contributed by atoms with Crippen LogP contribution in [-0.4, -0.2) is 25.0 Å². The van der Waals surface area contributed by atoms with Crippen molar-refractivity contribution in [2.75, 3.05) is 20.1 Å². The number of likely N-dealkylation sites (tertiary alicyclic amines) is 1. The van der Waals surface area contributed by atoms with Crippen molar-refractivity contribution in [1.82, 2.24) is 4.90 Å². The van der Waals surface area contributed by atoms with Crippen molar-refractivity contribution >= 4 is 0 Å². The van der Waals surface area contributed by atoms with Gasteiger partial charge in [0.05, 0.1) is 0 Å². The van der Waals surface area contributed by atoms with E-state index in [-0.39, 0.29) is 0 Å². The fourth-order valence-electron chi connectivity index (χ4n) is 1.83. The first-order valence-corrected chi connectivity index (χ1v) is 4.92. The van der Waals surface area contributed by atoms with Gasteiger partial charge in [-0.25, -0.2) is 0 Å². The van der Waals surface area contributed by atoms with Crippen LogP contribution in [0.1, 0.15) is 34.1 Å². The zero-order valence-corrected chi connectivity index (χ0v) is 8.72. The number of hydrogen-bond acceptors (Lipinski definition) is 1. The fourth-order valence-corrected chi connectivity index (χ4v) is 1.83. The SMILES string of the molecule is CC.CCC1CN(C)CC1C. The topological polar surface area (TPSA) is 3.24 Å². The van der Waals surface area contributed by atoms with Crippen molar-refractivity contribution in [2.24, 2.45) is 11.8 Å². The molecule has 1 heterocycles. The largest absolute Gasteiger partial charge is 0.306 e. The number of nitrogens with zero attached hydrogens (tertiary/aromatic N) is 1. The molecule has 0 saturated carbocycles. The van der Waals surface area contributed by atoms with Crippen molar-refractivity contribution in [3.05, 3.63) is 0 Å². The van der Waals surface area contributed by atoms with Crippen LogP contribution in [0.5, 0.6) is 0 Å². The average Bonchev–Trinajstić information content (AvgIpc) is 2.33. The summed E-state index contributed by atoms with van der Waals surface area (Å²) in [5, 5.41) is 0. The maximum atomic E-state index is 2.43. The zero-order chi connectivity index (χ0) is 8.85. The molecule has 2 atom stereocenters. The van der Waals surface area contributed by atoms with Crippen LogP contribution in [0.4, 0.5) is 0 Å². The summed E-state index contributed by atoms with van der Waals surface area (Å²) in [4.78, 5) is 2.43. The lowest BCUT2D eigenvalue weighted by atomic mass is 9.96. The highest BCUT2D eigenvalue weighted by molar-refractivity contribution is 4.77. The molecule has 1 heteroatoms. The first-order valence-electron chi connectivity index (χ1n) is 4.92. The molecule has 2 unspecified atom stereocenters. The third kappa shape index (κ3) is 3.24. The first kappa shape index (κ1) is 11.0. The van der Waals surface area contributed by atoms with E-state index in [0.29, 0.717) is 0 Å². The third-order valence-electron chi connectivity index (χ3n) is 2.47. The fraction of sp³-hybridized carbons (Fsp3) is 1.00. The van der Waals surface area contributed by atoms with Crippen LogP contribution < -0.4 is 0 Å². The Kier molecular flexibility index (Phi) is 5.57. The second-order valence-electron chi connectivity index (χ2n) is 3.37. The molecule has 1 fully saturated rings. The molecule has 1 nitrogen and oxygen atoms in total. The minimum absolute atomic E-state index is 0.931. The zero-order valence-electron chi connectivity index (χ0n) is 8.72. The summed E-state index contributed by atoms with van der Waals surface area (Å²) >= 11 is 0. The molecular weight excluding hydrogens is 134 g/mol. The average molecular weight is 157 g/mol. The molecule has 0 aromatic carbocycles. The molecule has 0 aromatic rings. The van der Waals surface area contributed by atoms with Gasteiger partial charge in [0.25, 0.3) is 0 Å². The van der Waals surface area contributed by atoms with E-state index in [2.05, 4.69) is 25.8 Å². The normalized spacial score (nSPS) is 31.4. The molecule has 0 aromatic heterocycles. The van der Waals surface area contributed by atoms with Gasteiger partial charge in [-0.2, -0.15) is 0 Å². The molecule has 1 aliphatic rings. The Labute approximate surface area is 71.8 Å². The van der Waals surface area contributed by atoms with Gasteiger partial charge < -0.3 is 4.90 Å². The summed E-state index contributed by atoms with van der Waals surface area (Å²) < 4.78 is 0. The second kappa shape index (κ2) is 5.59. The lowest BCUT2D eigenvalue weighted by molar-refractivity contribution is 0.392. The van der Waals surface area contributed by atoms with Crippen LogP contribution in [0.3, 0.4) is 0 Å². The molecular formula is C10H23N. The van der Waals surface area contributed by atoms with Crippen molar-refractivity contribution in [1.29, 1.82) is 0 Å². The smallest absolute Gasteiger partial charge is 0.000965 e. The highest BCUT2D eigenvalue weighted by Gasteiger charge is 2.24. The van der Waals surface area contributed by atoms with Gasteiger partial charge in [-0.15, -0.1) is 0 Å². The van der Waals surface area contributed by atoms with Crippen LogP contribution in [0.2, 0.25) is 0 Å². The van der Waals surface area contributed by atoms with Crippen LogP contribution in [0.15, 0.2) is 0 Å². The minimum Gasteiger partial charge on any atom is -0.306 e. The van der Waals surface area contributed by atoms with Crippen molar-refractivity contribution in [2.45, 2.75) is 34.1 Å². The second-order valence-corrected chi connectivity index (χ2v) is 3.37. The predicted octanol–water partition coefficient (Wildman–Crippen LogP) is 2.62. The lowest BCUT2D eigenvalue weighted by Gasteiger charge is -2.09. The summed E-state index contributed by atoms with van der Waals surface area (Å²) in [6.45, 7) is 11.3. The quantitative estimate of drug-likeness (QED) is 0.565. The molecule has 0 bridgehead atoms. The Morgan fingerprint density at radius 3 is 2.00 bits per heavy atom. The molecule has 11 heavy (non-hydrogen) atoms. The Bertz CT molecular complexity index is 90.9. The van der Waals surface area contributed by atoms with Gasteiger partial charge in [0.1, 0.15) is 0 Å². The summed E-state index contributed by atoms with van der Waals surface area (Å²) in [5.74, 6) is 1.90. The Morgan fingerprint density at radius 2 is 1.82 bits per heavy atom. The van der Waals surface area contributed by atoms with Crippen molar-refractivity contribution < 1.29 is 0 Å². The first-order chi connectivity index (χ1) is 5.24. The van der Waals surface area contributed by atoms with Gasteiger partial charge in [-0.1, -0.05) is 34.1 Å². The van der Waals surface area contributed by atoms with Gasteiger partial charge >= 0.3 is 0 Å². The van der Waals surface area contributed by atoms with Gasteiger partial charge in [0.2, 0.25) is 0 Å². The monoisotopic (exact) mass is 157 g/mol. The Morgan fingerprint density at radius 1 is 1.27 bits per heavy atom. The standard InChI is InChI=1S/C8H17N.C2H6/c1-4-8-6-9(3)5-7(8)2;1-2/h7-8H,4-6H2,1-3H3;1-2H3. The third-order valence-corrected chi connectivity index (χ3v) is 2.47. The highest BCUT2D eigenvalue weighted by Crippen LogP contribution is 2.23.